The summed E-state index contributed by atoms with van der Waals surface area (Å²) in [6.45, 7) is 12.1. The summed E-state index contributed by atoms with van der Waals surface area (Å²) in [5.74, 6) is 0.687. The van der Waals surface area contributed by atoms with E-state index in [1.54, 1.807) is 0 Å². The first-order valence-electron chi connectivity index (χ1n) is 8.46. The second-order valence-electron chi connectivity index (χ2n) is 8.28. The van der Waals surface area contributed by atoms with Gasteiger partial charge in [-0.2, -0.15) is 0 Å². The number of nitrogens with zero attached hydrogens (tertiary/aromatic N) is 1. The number of ether oxygens (including phenoxy) is 1. The smallest absolute Gasteiger partial charge is 0.0940 e. The topological polar surface area (TPSA) is 44.7 Å². The second-order valence-corrected chi connectivity index (χ2v) is 8.28. The van der Waals surface area contributed by atoms with Gasteiger partial charge in [0.2, 0.25) is 0 Å². The first-order valence-corrected chi connectivity index (χ1v) is 8.46. The van der Waals surface area contributed by atoms with E-state index in [-0.39, 0.29) is 18.3 Å². The van der Waals surface area contributed by atoms with Crippen LogP contribution in [0.1, 0.15) is 47.0 Å². The Bertz CT molecular complexity index is 344. The van der Waals surface area contributed by atoms with Crippen LogP contribution in [0.25, 0.3) is 0 Å². The molecule has 2 fully saturated rings. The van der Waals surface area contributed by atoms with Crippen molar-refractivity contribution in [1.82, 2.24) is 10.2 Å². The summed E-state index contributed by atoms with van der Waals surface area (Å²) in [6.07, 6.45) is 3.89. The quantitative estimate of drug-likeness (QED) is 0.832. The molecule has 2 aliphatic rings. The zero-order chi connectivity index (χ0) is 15.7. The van der Waals surface area contributed by atoms with Crippen molar-refractivity contribution in [3.05, 3.63) is 0 Å². The number of rotatable bonds is 4. The number of aliphatic hydroxyl groups excluding tert-OH is 1. The van der Waals surface area contributed by atoms with Crippen LogP contribution in [0.3, 0.4) is 0 Å². The van der Waals surface area contributed by atoms with Crippen LogP contribution in [0.5, 0.6) is 0 Å². The van der Waals surface area contributed by atoms with Gasteiger partial charge in [0.15, 0.2) is 0 Å². The van der Waals surface area contributed by atoms with Crippen molar-refractivity contribution in [1.29, 1.82) is 0 Å². The fraction of sp³-hybridized carbons (Fsp3) is 1.00. The Kier molecular flexibility index (Phi) is 5.35. The fourth-order valence-corrected chi connectivity index (χ4v) is 4.59. The lowest BCUT2D eigenvalue weighted by Gasteiger charge is -2.48. The Morgan fingerprint density at radius 1 is 1.29 bits per heavy atom. The lowest BCUT2D eigenvalue weighted by molar-refractivity contribution is -0.152. The van der Waals surface area contributed by atoms with E-state index >= 15 is 0 Å². The van der Waals surface area contributed by atoms with Crippen LogP contribution in [0.15, 0.2) is 0 Å². The van der Waals surface area contributed by atoms with Gasteiger partial charge in [-0.1, -0.05) is 20.3 Å². The number of morpholine rings is 1. The maximum absolute atomic E-state index is 9.46. The van der Waals surface area contributed by atoms with Crippen molar-refractivity contribution < 1.29 is 9.84 Å². The van der Waals surface area contributed by atoms with Crippen molar-refractivity contribution in [3.63, 3.8) is 0 Å². The van der Waals surface area contributed by atoms with E-state index in [4.69, 9.17) is 4.74 Å². The number of hydrogen-bond acceptors (Lipinski definition) is 4. The third kappa shape index (κ3) is 4.19. The van der Waals surface area contributed by atoms with E-state index in [1.165, 1.54) is 19.3 Å². The number of aliphatic hydroxyl groups is 1. The molecule has 1 aliphatic carbocycles. The van der Waals surface area contributed by atoms with Gasteiger partial charge < -0.3 is 15.2 Å². The van der Waals surface area contributed by atoms with Crippen molar-refractivity contribution in [2.75, 3.05) is 33.3 Å². The highest BCUT2D eigenvalue weighted by atomic mass is 16.5. The van der Waals surface area contributed by atoms with Gasteiger partial charge in [0.05, 0.1) is 18.3 Å². The summed E-state index contributed by atoms with van der Waals surface area (Å²) < 4.78 is 5.93. The highest BCUT2D eigenvalue weighted by Gasteiger charge is 2.40. The Morgan fingerprint density at radius 3 is 2.62 bits per heavy atom. The predicted octanol–water partition coefficient (Wildman–Crippen LogP) is 1.87. The molecule has 2 N–H and O–H groups in total. The molecule has 0 aromatic carbocycles. The zero-order valence-electron chi connectivity index (χ0n) is 14.5. The van der Waals surface area contributed by atoms with Crippen LogP contribution >= 0.6 is 0 Å². The van der Waals surface area contributed by atoms with Crippen LogP contribution in [0, 0.1) is 11.3 Å². The molecule has 1 heterocycles. The Balaban J connectivity index is 2.02. The minimum absolute atomic E-state index is 0.0432. The third-order valence-corrected chi connectivity index (χ3v) is 5.27. The molecule has 0 radical (unpaired) electrons. The molecule has 1 aliphatic heterocycles. The van der Waals surface area contributed by atoms with Gasteiger partial charge in [-0.25, -0.2) is 0 Å². The summed E-state index contributed by atoms with van der Waals surface area (Å²) in [7, 11) is 2.10. The molecule has 0 amide bonds. The van der Waals surface area contributed by atoms with E-state index in [0.717, 1.165) is 19.6 Å². The lowest BCUT2D eigenvalue weighted by Crippen LogP contribution is -2.57. The monoisotopic (exact) mass is 298 g/mol. The van der Waals surface area contributed by atoms with E-state index in [2.05, 4.69) is 45.0 Å². The Hall–Kier alpha value is -0.160. The maximum Gasteiger partial charge on any atom is 0.0940 e. The van der Waals surface area contributed by atoms with Crippen LogP contribution in [-0.2, 0) is 4.74 Å². The van der Waals surface area contributed by atoms with Gasteiger partial charge in [-0.15, -0.1) is 0 Å². The first-order chi connectivity index (χ1) is 9.77. The standard InChI is InChI=1S/C17H34N2O2/c1-16(2)8-6-7-13(15(16)18-5)9-19-10-14(11-20)21-17(3,4)12-19/h13-15,18,20H,6-12H2,1-5H3. The summed E-state index contributed by atoms with van der Waals surface area (Å²) in [4.78, 5) is 2.50. The predicted molar refractivity (Wildman–Crippen MR) is 86.4 cm³/mol. The molecule has 3 unspecified atom stereocenters. The molecule has 0 bridgehead atoms. The van der Waals surface area contributed by atoms with Crippen molar-refractivity contribution >= 4 is 0 Å². The van der Waals surface area contributed by atoms with Crippen LogP contribution < -0.4 is 5.32 Å². The van der Waals surface area contributed by atoms with Gasteiger partial charge in [0.25, 0.3) is 0 Å². The number of nitrogens with one attached hydrogen (secondary N) is 1. The van der Waals surface area contributed by atoms with Crippen LogP contribution in [0.4, 0.5) is 0 Å². The van der Waals surface area contributed by atoms with Crippen molar-refractivity contribution in [2.45, 2.75) is 64.7 Å². The average molecular weight is 298 g/mol. The fourth-order valence-electron chi connectivity index (χ4n) is 4.59. The summed E-state index contributed by atoms with van der Waals surface area (Å²) in [5, 5.41) is 13.0. The molecule has 3 atom stereocenters. The molecule has 4 heteroatoms. The van der Waals surface area contributed by atoms with Gasteiger partial charge in [0.1, 0.15) is 0 Å². The molecule has 124 valence electrons. The molecule has 1 saturated heterocycles. The van der Waals surface area contributed by atoms with E-state index in [9.17, 15) is 5.11 Å². The Labute approximate surface area is 130 Å². The van der Waals surface area contributed by atoms with Crippen molar-refractivity contribution in [2.24, 2.45) is 11.3 Å². The molecule has 4 nitrogen and oxygen atoms in total. The van der Waals surface area contributed by atoms with Gasteiger partial charge >= 0.3 is 0 Å². The highest BCUT2D eigenvalue weighted by Crippen LogP contribution is 2.39. The van der Waals surface area contributed by atoms with Gasteiger partial charge in [0, 0.05) is 25.7 Å². The molecule has 2 rings (SSSR count). The van der Waals surface area contributed by atoms with E-state index < -0.39 is 0 Å². The molecule has 0 aromatic heterocycles. The van der Waals surface area contributed by atoms with Gasteiger partial charge in [-0.3, -0.25) is 4.90 Å². The van der Waals surface area contributed by atoms with Crippen LogP contribution in [0.2, 0.25) is 0 Å². The molecular formula is C17H34N2O2. The second kappa shape index (κ2) is 6.53. The Morgan fingerprint density at radius 2 is 2.00 bits per heavy atom. The van der Waals surface area contributed by atoms with Crippen LogP contribution in [-0.4, -0.2) is 61.0 Å². The average Bonchev–Trinajstić information content (AvgIpc) is 2.36. The minimum atomic E-state index is -0.162. The molecule has 1 saturated carbocycles. The summed E-state index contributed by atoms with van der Waals surface area (Å²) >= 11 is 0. The van der Waals surface area contributed by atoms with E-state index in [1.807, 2.05) is 0 Å². The molecule has 21 heavy (non-hydrogen) atoms. The van der Waals surface area contributed by atoms with E-state index in [0.29, 0.717) is 17.4 Å². The number of hydrogen-bond donors (Lipinski definition) is 2. The molecular weight excluding hydrogens is 264 g/mol. The molecule has 0 spiro atoms. The van der Waals surface area contributed by atoms with Crippen molar-refractivity contribution in [3.8, 4) is 0 Å². The summed E-state index contributed by atoms with van der Waals surface area (Å²) in [5.41, 5.74) is 0.209. The summed E-state index contributed by atoms with van der Waals surface area (Å²) in [6, 6.07) is 0.574. The van der Waals surface area contributed by atoms with Gasteiger partial charge in [-0.05, 0) is 45.1 Å². The highest BCUT2D eigenvalue weighted by molar-refractivity contribution is 4.95. The molecule has 0 aromatic rings. The maximum atomic E-state index is 9.46. The SMILES string of the molecule is CNC1C(CN2CC(CO)OC(C)(C)C2)CCCC1(C)C. The first kappa shape index (κ1) is 17.2. The minimum Gasteiger partial charge on any atom is -0.394 e. The zero-order valence-corrected chi connectivity index (χ0v) is 14.5. The lowest BCUT2D eigenvalue weighted by atomic mass is 9.67. The third-order valence-electron chi connectivity index (χ3n) is 5.27. The normalized spacial score (nSPS) is 36.6. The largest absolute Gasteiger partial charge is 0.394 e.